The fourth-order valence-electron chi connectivity index (χ4n) is 2.30. The maximum absolute atomic E-state index is 3.20. The molecule has 2 heteroatoms. The van der Waals surface area contributed by atoms with E-state index in [9.17, 15) is 0 Å². The van der Waals surface area contributed by atoms with Crippen LogP contribution in [0.2, 0.25) is 0 Å². The summed E-state index contributed by atoms with van der Waals surface area (Å²) in [5.41, 5.74) is 3.18. The highest BCUT2D eigenvalue weighted by Gasteiger charge is 2.35. The second-order valence-electron chi connectivity index (χ2n) is 6.17. The highest BCUT2D eigenvalue weighted by atomic mass is 15.2. The van der Waals surface area contributed by atoms with Crippen molar-refractivity contribution < 1.29 is 0 Å². The zero-order valence-corrected chi connectivity index (χ0v) is 11.5. The van der Waals surface area contributed by atoms with Crippen molar-refractivity contribution in [1.29, 1.82) is 0 Å². The zero-order valence-electron chi connectivity index (χ0n) is 11.5. The Morgan fingerprint density at radius 3 is 2.59 bits per heavy atom. The molecule has 17 heavy (non-hydrogen) atoms. The first-order valence-corrected chi connectivity index (χ1v) is 6.49. The molecule has 1 N–H and O–H groups in total. The van der Waals surface area contributed by atoms with Crippen LogP contribution in [0.15, 0.2) is 24.3 Å². The van der Waals surface area contributed by atoms with Crippen molar-refractivity contribution in [2.24, 2.45) is 11.3 Å². The largest absolute Gasteiger partial charge is 0.371 e. The van der Waals surface area contributed by atoms with Crippen LogP contribution in [0.3, 0.4) is 0 Å². The topological polar surface area (TPSA) is 15.3 Å². The van der Waals surface area contributed by atoms with Crippen LogP contribution in [0.5, 0.6) is 0 Å². The van der Waals surface area contributed by atoms with E-state index < -0.39 is 0 Å². The number of benzene rings is 1. The summed E-state index contributed by atoms with van der Waals surface area (Å²) >= 11 is 0. The van der Waals surface area contributed by atoms with Gasteiger partial charge in [-0.25, -0.2) is 0 Å². The molecular weight excluding hydrogens is 208 g/mol. The van der Waals surface area contributed by atoms with E-state index in [2.05, 4.69) is 55.3 Å². The van der Waals surface area contributed by atoms with E-state index in [4.69, 9.17) is 0 Å². The van der Waals surface area contributed by atoms with Crippen LogP contribution >= 0.6 is 0 Å². The lowest BCUT2D eigenvalue weighted by atomic mass is 9.76. The van der Waals surface area contributed by atoms with Crippen molar-refractivity contribution >= 4 is 5.69 Å². The van der Waals surface area contributed by atoms with E-state index in [1.165, 1.54) is 24.3 Å². The minimum Gasteiger partial charge on any atom is -0.371 e. The fraction of sp³-hybridized carbons (Fsp3) is 0.600. The molecule has 0 aromatic heterocycles. The first kappa shape index (κ1) is 12.4. The Balaban J connectivity index is 1.99. The summed E-state index contributed by atoms with van der Waals surface area (Å²) in [7, 11) is 1.99. The summed E-state index contributed by atoms with van der Waals surface area (Å²) < 4.78 is 0. The Labute approximate surface area is 105 Å². The second-order valence-corrected chi connectivity index (χ2v) is 6.17. The molecular formula is C15H24N2. The van der Waals surface area contributed by atoms with Crippen molar-refractivity contribution in [2.45, 2.75) is 27.3 Å². The van der Waals surface area contributed by atoms with E-state index in [-0.39, 0.29) is 0 Å². The van der Waals surface area contributed by atoms with Crippen molar-refractivity contribution in [3.63, 3.8) is 0 Å². The van der Waals surface area contributed by atoms with Gasteiger partial charge in [0.1, 0.15) is 0 Å². The number of hydrogen-bond donors (Lipinski definition) is 1. The maximum Gasteiger partial charge on any atom is 0.0369 e. The molecule has 0 aliphatic carbocycles. The Bertz CT molecular complexity index is 373. The van der Waals surface area contributed by atoms with E-state index in [0.29, 0.717) is 5.41 Å². The summed E-state index contributed by atoms with van der Waals surface area (Å²) in [6, 6.07) is 8.86. The number of nitrogens with one attached hydrogen (secondary N) is 1. The molecule has 1 aliphatic rings. The van der Waals surface area contributed by atoms with Crippen molar-refractivity contribution in [2.75, 3.05) is 25.0 Å². The lowest BCUT2D eigenvalue weighted by Crippen LogP contribution is -2.52. The van der Waals surface area contributed by atoms with Gasteiger partial charge in [0, 0.05) is 25.3 Å². The summed E-state index contributed by atoms with van der Waals surface area (Å²) in [5, 5.41) is 3.20. The zero-order chi connectivity index (χ0) is 12.5. The van der Waals surface area contributed by atoms with Crippen molar-refractivity contribution in [1.82, 2.24) is 5.32 Å². The first-order valence-electron chi connectivity index (χ1n) is 6.49. The van der Waals surface area contributed by atoms with Crippen LogP contribution in [0.25, 0.3) is 0 Å². The summed E-state index contributed by atoms with van der Waals surface area (Å²) in [5.74, 6) is 0.829. The molecule has 0 amide bonds. The highest BCUT2D eigenvalue weighted by molar-refractivity contribution is 5.51. The van der Waals surface area contributed by atoms with Gasteiger partial charge in [-0.1, -0.05) is 32.9 Å². The van der Waals surface area contributed by atoms with Gasteiger partial charge in [-0.2, -0.15) is 0 Å². The van der Waals surface area contributed by atoms with Crippen molar-refractivity contribution in [3.05, 3.63) is 29.8 Å². The van der Waals surface area contributed by atoms with Gasteiger partial charge in [-0.05, 0) is 36.1 Å². The van der Waals surface area contributed by atoms with Gasteiger partial charge >= 0.3 is 0 Å². The van der Waals surface area contributed by atoms with E-state index in [0.717, 1.165) is 12.5 Å². The van der Waals surface area contributed by atoms with E-state index in [1.54, 1.807) is 0 Å². The molecule has 1 aliphatic heterocycles. The summed E-state index contributed by atoms with van der Waals surface area (Å²) in [4.78, 5) is 2.48. The maximum atomic E-state index is 3.20. The SMILES string of the molecule is CNCc1cccc(N2CC(C(C)(C)C)C2)c1. The smallest absolute Gasteiger partial charge is 0.0369 e. The molecule has 1 fully saturated rings. The van der Waals surface area contributed by atoms with Gasteiger partial charge < -0.3 is 10.2 Å². The Kier molecular flexibility index (Phi) is 3.43. The fourth-order valence-corrected chi connectivity index (χ4v) is 2.30. The van der Waals surface area contributed by atoms with Crippen LogP contribution in [-0.2, 0) is 6.54 Å². The average Bonchev–Trinajstić information content (AvgIpc) is 2.14. The highest BCUT2D eigenvalue weighted by Crippen LogP contribution is 2.36. The molecule has 0 radical (unpaired) electrons. The molecule has 1 aromatic carbocycles. The monoisotopic (exact) mass is 232 g/mol. The third-order valence-corrected chi connectivity index (χ3v) is 3.76. The Hall–Kier alpha value is -1.02. The third kappa shape index (κ3) is 2.81. The van der Waals surface area contributed by atoms with Crippen LogP contribution in [0, 0.1) is 11.3 Å². The van der Waals surface area contributed by atoms with Crippen molar-refractivity contribution in [3.8, 4) is 0 Å². The first-order chi connectivity index (χ1) is 8.00. The molecule has 2 nitrogen and oxygen atoms in total. The minimum absolute atomic E-state index is 0.444. The van der Waals surface area contributed by atoms with E-state index >= 15 is 0 Å². The van der Waals surface area contributed by atoms with E-state index in [1.807, 2.05) is 7.05 Å². The predicted molar refractivity (Wildman–Crippen MR) is 74.4 cm³/mol. The quantitative estimate of drug-likeness (QED) is 0.862. The molecule has 0 saturated carbocycles. The molecule has 1 heterocycles. The molecule has 0 spiro atoms. The van der Waals surface area contributed by atoms with Gasteiger partial charge in [-0.3, -0.25) is 0 Å². The number of rotatable bonds is 3. The van der Waals surface area contributed by atoms with Gasteiger partial charge in [-0.15, -0.1) is 0 Å². The van der Waals surface area contributed by atoms with Gasteiger partial charge in [0.05, 0.1) is 0 Å². The van der Waals surface area contributed by atoms with Gasteiger partial charge in [0.15, 0.2) is 0 Å². The second kappa shape index (κ2) is 4.69. The van der Waals surface area contributed by atoms with Crippen LogP contribution < -0.4 is 10.2 Å². The molecule has 1 saturated heterocycles. The lowest BCUT2D eigenvalue weighted by Gasteiger charge is -2.47. The summed E-state index contributed by atoms with van der Waals surface area (Å²) in [6.45, 7) is 10.4. The predicted octanol–water partition coefficient (Wildman–Crippen LogP) is 2.89. The third-order valence-electron chi connectivity index (χ3n) is 3.76. The minimum atomic E-state index is 0.444. The Morgan fingerprint density at radius 2 is 2.00 bits per heavy atom. The summed E-state index contributed by atoms with van der Waals surface area (Å²) in [6.07, 6.45) is 0. The number of anilines is 1. The molecule has 94 valence electrons. The standard InChI is InChI=1S/C15H24N2/c1-15(2,3)13-10-17(11-13)14-7-5-6-12(8-14)9-16-4/h5-8,13,16H,9-11H2,1-4H3. The molecule has 0 unspecified atom stereocenters. The van der Waals surface area contributed by atoms with Crippen LogP contribution in [0.1, 0.15) is 26.3 Å². The van der Waals surface area contributed by atoms with Gasteiger partial charge in [0.25, 0.3) is 0 Å². The molecule has 2 rings (SSSR count). The molecule has 0 atom stereocenters. The average molecular weight is 232 g/mol. The lowest BCUT2D eigenvalue weighted by molar-refractivity contribution is 0.195. The van der Waals surface area contributed by atoms with Crippen LogP contribution in [-0.4, -0.2) is 20.1 Å². The molecule has 0 bridgehead atoms. The van der Waals surface area contributed by atoms with Gasteiger partial charge in [0.2, 0.25) is 0 Å². The molecule has 1 aromatic rings. The normalized spacial score (nSPS) is 17.1. The Morgan fingerprint density at radius 1 is 1.29 bits per heavy atom. The number of nitrogens with zero attached hydrogens (tertiary/aromatic N) is 1. The van der Waals surface area contributed by atoms with Crippen LogP contribution in [0.4, 0.5) is 5.69 Å². The number of hydrogen-bond acceptors (Lipinski definition) is 2.